The Balaban J connectivity index is 1.37. The number of hydrogen-bond donors (Lipinski definition) is 2. The van der Waals surface area contributed by atoms with Gasteiger partial charge >= 0.3 is 0 Å². The van der Waals surface area contributed by atoms with Crippen LogP contribution in [0.4, 0.5) is 5.13 Å². The molecule has 2 heterocycles. The van der Waals surface area contributed by atoms with Gasteiger partial charge in [-0.1, -0.05) is 35.2 Å². The van der Waals surface area contributed by atoms with Gasteiger partial charge in [0, 0.05) is 13.1 Å². The lowest BCUT2D eigenvalue weighted by Crippen LogP contribution is -2.27. The average molecular weight is 393 g/mol. The van der Waals surface area contributed by atoms with E-state index in [1.165, 1.54) is 23.1 Å². The van der Waals surface area contributed by atoms with Gasteiger partial charge in [0.15, 0.2) is 15.8 Å². The summed E-state index contributed by atoms with van der Waals surface area (Å²) in [5, 5.41) is 14.8. The smallest absolute Gasteiger partial charge is 0.230 e. The second-order valence-electron chi connectivity index (χ2n) is 5.41. The molecule has 138 valence electrons. The van der Waals surface area contributed by atoms with Crippen molar-refractivity contribution < 1.29 is 14.3 Å². The van der Waals surface area contributed by atoms with Gasteiger partial charge in [-0.15, -0.1) is 16.8 Å². The van der Waals surface area contributed by atoms with Crippen molar-refractivity contribution in [3.63, 3.8) is 0 Å². The Kier molecular flexibility index (Phi) is 6.73. The highest BCUT2D eigenvalue weighted by Gasteiger charge is 2.12. The van der Waals surface area contributed by atoms with Crippen LogP contribution < -0.4 is 20.1 Å². The highest BCUT2D eigenvalue weighted by molar-refractivity contribution is 8.01. The second kappa shape index (κ2) is 9.44. The van der Waals surface area contributed by atoms with E-state index in [4.69, 9.17) is 9.47 Å². The van der Waals surface area contributed by atoms with Gasteiger partial charge in [0.05, 0.1) is 5.75 Å². The Morgan fingerprint density at radius 1 is 1.31 bits per heavy atom. The van der Waals surface area contributed by atoms with E-state index in [0.29, 0.717) is 32.1 Å². The minimum atomic E-state index is -0.0247. The molecule has 9 heteroatoms. The number of rotatable bonds is 9. The summed E-state index contributed by atoms with van der Waals surface area (Å²) in [7, 11) is 0. The van der Waals surface area contributed by atoms with Crippen molar-refractivity contribution in [3.8, 4) is 11.5 Å². The number of benzene rings is 1. The van der Waals surface area contributed by atoms with E-state index >= 15 is 0 Å². The van der Waals surface area contributed by atoms with E-state index in [0.717, 1.165) is 33.0 Å². The molecule has 0 radical (unpaired) electrons. The molecule has 0 aliphatic carbocycles. The van der Waals surface area contributed by atoms with Gasteiger partial charge in [-0.2, -0.15) is 0 Å². The summed E-state index contributed by atoms with van der Waals surface area (Å²) in [6, 6.07) is 5.87. The number of nitrogens with zero attached hydrogens (tertiary/aromatic N) is 2. The van der Waals surface area contributed by atoms with Crippen molar-refractivity contribution in [2.45, 2.75) is 10.8 Å². The molecule has 2 N–H and O–H groups in total. The number of aromatic nitrogens is 2. The molecule has 0 fully saturated rings. The quantitative estimate of drug-likeness (QED) is 0.500. The number of carbonyl (C=O) groups excluding carboxylic acids is 1. The van der Waals surface area contributed by atoms with Crippen LogP contribution >= 0.6 is 23.1 Å². The number of hydrogen-bond acceptors (Lipinski definition) is 8. The standard InChI is InChI=1S/C17H20N4O3S2/c1-2-6-19-16-20-21-17(26-16)25-11-15(22)18-7-5-12-3-4-13-14(10-12)24-9-8-23-13/h2-4,10H,1,5-9,11H2,(H,18,22)(H,19,20). The summed E-state index contributed by atoms with van der Waals surface area (Å²) in [4.78, 5) is 12.0. The second-order valence-corrected chi connectivity index (χ2v) is 7.61. The summed E-state index contributed by atoms with van der Waals surface area (Å²) < 4.78 is 11.8. The molecule has 0 bridgehead atoms. The molecule has 1 amide bonds. The Hall–Kier alpha value is -2.26. The normalized spacial score (nSPS) is 12.5. The average Bonchev–Trinajstić information content (AvgIpc) is 3.12. The zero-order valence-electron chi connectivity index (χ0n) is 14.2. The van der Waals surface area contributed by atoms with Crippen molar-refractivity contribution in [2.75, 3.05) is 37.4 Å². The van der Waals surface area contributed by atoms with Gasteiger partial charge in [0.25, 0.3) is 0 Å². The number of amides is 1. The topological polar surface area (TPSA) is 85.4 Å². The lowest BCUT2D eigenvalue weighted by Gasteiger charge is -2.18. The Bertz CT molecular complexity index is 766. The molecule has 3 rings (SSSR count). The summed E-state index contributed by atoms with van der Waals surface area (Å²) in [5.74, 6) is 1.84. The van der Waals surface area contributed by atoms with Gasteiger partial charge < -0.3 is 20.1 Å². The van der Waals surface area contributed by atoms with Crippen LogP contribution in [0.3, 0.4) is 0 Å². The maximum Gasteiger partial charge on any atom is 0.230 e. The summed E-state index contributed by atoms with van der Waals surface area (Å²) in [6.45, 7) is 6.00. The van der Waals surface area contributed by atoms with Crippen molar-refractivity contribution in [1.29, 1.82) is 0 Å². The molecule has 1 aliphatic rings. The molecular formula is C17H20N4O3S2. The van der Waals surface area contributed by atoms with E-state index in [9.17, 15) is 4.79 Å². The molecular weight excluding hydrogens is 372 g/mol. The molecule has 0 unspecified atom stereocenters. The fraction of sp³-hybridized carbons (Fsp3) is 0.353. The molecule has 26 heavy (non-hydrogen) atoms. The zero-order chi connectivity index (χ0) is 18.2. The van der Waals surface area contributed by atoms with Crippen molar-refractivity contribution in [3.05, 3.63) is 36.4 Å². The lowest BCUT2D eigenvalue weighted by molar-refractivity contribution is -0.118. The number of thioether (sulfide) groups is 1. The van der Waals surface area contributed by atoms with Gasteiger partial charge in [0.1, 0.15) is 13.2 Å². The molecule has 7 nitrogen and oxygen atoms in total. The Morgan fingerprint density at radius 3 is 3.00 bits per heavy atom. The van der Waals surface area contributed by atoms with Crippen molar-refractivity contribution in [1.82, 2.24) is 15.5 Å². The maximum absolute atomic E-state index is 12.0. The van der Waals surface area contributed by atoms with Crippen LogP contribution in [0.25, 0.3) is 0 Å². The molecule has 1 aromatic carbocycles. The third-order valence-corrected chi connectivity index (χ3v) is 5.49. The Morgan fingerprint density at radius 2 is 2.15 bits per heavy atom. The lowest BCUT2D eigenvalue weighted by atomic mass is 10.1. The first-order valence-electron chi connectivity index (χ1n) is 8.21. The van der Waals surface area contributed by atoms with E-state index in [1.54, 1.807) is 6.08 Å². The van der Waals surface area contributed by atoms with E-state index in [1.807, 2.05) is 18.2 Å². The number of ether oxygens (including phenoxy) is 2. The predicted octanol–water partition coefficient (Wildman–Crippen LogP) is 2.36. The number of nitrogens with one attached hydrogen (secondary N) is 2. The molecule has 2 aromatic rings. The highest BCUT2D eigenvalue weighted by Crippen LogP contribution is 2.30. The fourth-order valence-electron chi connectivity index (χ4n) is 2.27. The zero-order valence-corrected chi connectivity index (χ0v) is 15.8. The third kappa shape index (κ3) is 5.37. The van der Waals surface area contributed by atoms with Crippen molar-refractivity contribution >= 4 is 34.1 Å². The number of carbonyl (C=O) groups is 1. The largest absolute Gasteiger partial charge is 0.486 e. The van der Waals surface area contributed by atoms with E-state index in [2.05, 4.69) is 27.4 Å². The molecule has 0 atom stereocenters. The first-order chi connectivity index (χ1) is 12.7. The fourth-order valence-corrected chi connectivity index (χ4v) is 3.86. The van der Waals surface area contributed by atoms with Crippen LogP contribution in [0, 0.1) is 0 Å². The van der Waals surface area contributed by atoms with Gasteiger partial charge in [-0.3, -0.25) is 4.79 Å². The van der Waals surface area contributed by atoms with Crippen molar-refractivity contribution in [2.24, 2.45) is 0 Å². The first-order valence-corrected chi connectivity index (χ1v) is 10.0. The summed E-state index contributed by atoms with van der Waals surface area (Å²) in [5.41, 5.74) is 1.10. The van der Waals surface area contributed by atoms with Gasteiger partial charge in [0.2, 0.25) is 11.0 Å². The van der Waals surface area contributed by atoms with Crippen LogP contribution in [-0.4, -0.2) is 48.2 Å². The monoisotopic (exact) mass is 392 g/mol. The molecule has 0 saturated carbocycles. The van der Waals surface area contributed by atoms with Gasteiger partial charge in [-0.05, 0) is 24.1 Å². The summed E-state index contributed by atoms with van der Waals surface area (Å²) in [6.07, 6.45) is 2.49. The third-order valence-electron chi connectivity index (χ3n) is 3.47. The van der Waals surface area contributed by atoms with Crippen LogP contribution in [0.15, 0.2) is 35.2 Å². The van der Waals surface area contributed by atoms with Crippen LogP contribution in [-0.2, 0) is 11.2 Å². The molecule has 1 aliphatic heterocycles. The van der Waals surface area contributed by atoms with Crippen LogP contribution in [0.5, 0.6) is 11.5 Å². The van der Waals surface area contributed by atoms with Gasteiger partial charge in [-0.25, -0.2) is 0 Å². The van der Waals surface area contributed by atoms with E-state index < -0.39 is 0 Å². The predicted molar refractivity (Wildman–Crippen MR) is 103 cm³/mol. The first kappa shape index (κ1) is 18.5. The Labute approximate surface area is 160 Å². The number of fused-ring (bicyclic) bond motifs is 1. The van der Waals surface area contributed by atoms with Crippen LogP contribution in [0.1, 0.15) is 5.56 Å². The SMILES string of the molecule is C=CCNc1nnc(SCC(=O)NCCc2ccc3c(c2)OCCO3)s1. The summed E-state index contributed by atoms with van der Waals surface area (Å²) >= 11 is 2.80. The highest BCUT2D eigenvalue weighted by atomic mass is 32.2. The maximum atomic E-state index is 12.0. The minimum absolute atomic E-state index is 0.0247. The van der Waals surface area contributed by atoms with E-state index in [-0.39, 0.29) is 5.91 Å². The minimum Gasteiger partial charge on any atom is -0.486 e. The molecule has 1 aromatic heterocycles. The number of anilines is 1. The molecule has 0 saturated heterocycles. The van der Waals surface area contributed by atoms with Crippen LogP contribution in [0.2, 0.25) is 0 Å². The molecule has 0 spiro atoms.